The molecular formula is C12H24N4O3. The van der Waals surface area contributed by atoms with Gasteiger partial charge in [-0.15, -0.1) is 0 Å². The van der Waals surface area contributed by atoms with Crippen LogP contribution in [0.15, 0.2) is 0 Å². The minimum absolute atomic E-state index is 0.0148. The number of carbonyl (C=O) groups excluding carboxylic acids is 2. The largest absolute Gasteiger partial charge is 0.383 e. The molecule has 7 heteroatoms. The minimum atomic E-state index is 0.0148. The van der Waals surface area contributed by atoms with Crippen LogP contribution in [0.1, 0.15) is 0 Å². The van der Waals surface area contributed by atoms with Gasteiger partial charge >= 0.3 is 0 Å². The van der Waals surface area contributed by atoms with Crippen molar-refractivity contribution in [2.24, 2.45) is 0 Å². The van der Waals surface area contributed by atoms with Crippen molar-refractivity contribution >= 4 is 11.8 Å². The van der Waals surface area contributed by atoms with Gasteiger partial charge in [-0.25, -0.2) is 0 Å². The van der Waals surface area contributed by atoms with Crippen LogP contribution < -0.4 is 10.6 Å². The summed E-state index contributed by atoms with van der Waals surface area (Å²) in [5.74, 6) is 0.122. The Hall–Kier alpha value is -1.18. The van der Waals surface area contributed by atoms with Crippen LogP contribution in [-0.2, 0) is 14.3 Å². The molecule has 0 aromatic carbocycles. The molecule has 1 fully saturated rings. The Morgan fingerprint density at radius 3 is 2.47 bits per heavy atom. The third kappa shape index (κ3) is 6.00. The van der Waals surface area contributed by atoms with Crippen molar-refractivity contribution in [3.63, 3.8) is 0 Å². The highest BCUT2D eigenvalue weighted by Crippen LogP contribution is 2.01. The monoisotopic (exact) mass is 272 g/mol. The third-order valence-corrected chi connectivity index (χ3v) is 3.13. The molecule has 1 heterocycles. The topological polar surface area (TPSA) is 73.9 Å². The van der Waals surface area contributed by atoms with E-state index in [1.54, 1.807) is 14.2 Å². The number of amides is 2. The number of hydrogen-bond donors (Lipinski definition) is 2. The number of rotatable bonds is 7. The number of nitrogens with zero attached hydrogens (tertiary/aromatic N) is 2. The summed E-state index contributed by atoms with van der Waals surface area (Å²) in [6.07, 6.45) is 0. The third-order valence-electron chi connectivity index (χ3n) is 3.13. The van der Waals surface area contributed by atoms with Crippen molar-refractivity contribution in [3.8, 4) is 0 Å². The molecule has 0 aromatic heterocycles. The molecule has 0 radical (unpaired) electrons. The summed E-state index contributed by atoms with van der Waals surface area (Å²) >= 11 is 0. The first kappa shape index (κ1) is 15.9. The van der Waals surface area contributed by atoms with Gasteiger partial charge in [0.1, 0.15) is 0 Å². The van der Waals surface area contributed by atoms with Crippen LogP contribution in [0, 0.1) is 0 Å². The minimum Gasteiger partial charge on any atom is -0.383 e. The molecule has 1 saturated heterocycles. The van der Waals surface area contributed by atoms with Crippen LogP contribution in [-0.4, -0.2) is 88.2 Å². The normalized spacial score (nSPS) is 16.4. The molecule has 0 aromatic rings. The number of piperazine rings is 1. The number of carbonyl (C=O) groups is 2. The fraction of sp³-hybridized carbons (Fsp3) is 0.833. The Kier molecular flexibility index (Phi) is 7.39. The van der Waals surface area contributed by atoms with E-state index in [-0.39, 0.29) is 11.8 Å². The van der Waals surface area contributed by atoms with Crippen LogP contribution in [0.5, 0.6) is 0 Å². The van der Waals surface area contributed by atoms with Gasteiger partial charge in [0.25, 0.3) is 0 Å². The first-order chi connectivity index (χ1) is 9.17. The van der Waals surface area contributed by atoms with E-state index in [9.17, 15) is 9.59 Å². The number of ether oxygens (including phenoxy) is 1. The standard InChI is InChI=1S/C12H24N4O3/c1-13-11(17)10-15-4-6-16(7-5-15)12(18)9-14-3-8-19-2/h14H,3-10H2,1-2H3,(H,13,17). The summed E-state index contributed by atoms with van der Waals surface area (Å²) in [5, 5.41) is 5.65. The van der Waals surface area contributed by atoms with Gasteiger partial charge in [-0.1, -0.05) is 0 Å². The average molecular weight is 272 g/mol. The van der Waals surface area contributed by atoms with Crippen molar-refractivity contribution in [2.75, 3.05) is 66.6 Å². The van der Waals surface area contributed by atoms with Gasteiger partial charge in [-0.3, -0.25) is 14.5 Å². The predicted octanol–water partition coefficient (Wildman–Crippen LogP) is -1.89. The van der Waals surface area contributed by atoms with Gasteiger partial charge in [0.2, 0.25) is 11.8 Å². The Morgan fingerprint density at radius 1 is 1.21 bits per heavy atom. The lowest BCUT2D eigenvalue weighted by Gasteiger charge is -2.34. The zero-order chi connectivity index (χ0) is 14.1. The summed E-state index contributed by atoms with van der Waals surface area (Å²) < 4.78 is 4.90. The van der Waals surface area contributed by atoms with E-state index in [1.807, 2.05) is 4.90 Å². The molecule has 2 N–H and O–H groups in total. The number of likely N-dealkylation sites (N-methyl/N-ethyl adjacent to an activating group) is 1. The van der Waals surface area contributed by atoms with Gasteiger partial charge in [0.05, 0.1) is 19.7 Å². The average Bonchev–Trinajstić information content (AvgIpc) is 2.44. The van der Waals surface area contributed by atoms with Gasteiger partial charge in [-0.2, -0.15) is 0 Å². The molecule has 7 nitrogen and oxygen atoms in total. The van der Waals surface area contributed by atoms with E-state index < -0.39 is 0 Å². The number of hydrogen-bond acceptors (Lipinski definition) is 5. The van der Waals surface area contributed by atoms with Crippen LogP contribution in [0.4, 0.5) is 0 Å². The van der Waals surface area contributed by atoms with E-state index in [2.05, 4.69) is 15.5 Å². The van der Waals surface area contributed by atoms with Gasteiger partial charge in [0, 0.05) is 46.9 Å². The van der Waals surface area contributed by atoms with Crippen LogP contribution >= 0.6 is 0 Å². The predicted molar refractivity (Wildman–Crippen MR) is 71.8 cm³/mol. The molecular weight excluding hydrogens is 248 g/mol. The quantitative estimate of drug-likeness (QED) is 0.530. The summed E-state index contributed by atoms with van der Waals surface area (Å²) in [7, 11) is 3.27. The smallest absolute Gasteiger partial charge is 0.236 e. The molecule has 0 bridgehead atoms. The Morgan fingerprint density at radius 2 is 1.89 bits per heavy atom. The maximum absolute atomic E-state index is 11.9. The van der Waals surface area contributed by atoms with Gasteiger partial charge < -0.3 is 20.3 Å². The van der Waals surface area contributed by atoms with Crippen LogP contribution in [0.3, 0.4) is 0 Å². The summed E-state index contributed by atoms with van der Waals surface area (Å²) in [6, 6.07) is 0. The Bertz CT molecular complexity index is 291. The molecule has 0 aliphatic carbocycles. The lowest BCUT2D eigenvalue weighted by Crippen LogP contribution is -2.52. The zero-order valence-electron chi connectivity index (χ0n) is 11.8. The van der Waals surface area contributed by atoms with E-state index in [4.69, 9.17) is 4.74 Å². The van der Waals surface area contributed by atoms with Crippen molar-refractivity contribution in [2.45, 2.75) is 0 Å². The molecule has 1 rings (SSSR count). The van der Waals surface area contributed by atoms with E-state index in [1.165, 1.54) is 0 Å². The molecule has 1 aliphatic heterocycles. The van der Waals surface area contributed by atoms with Crippen LogP contribution in [0.2, 0.25) is 0 Å². The second kappa shape index (κ2) is 8.84. The van der Waals surface area contributed by atoms with Crippen molar-refractivity contribution in [1.29, 1.82) is 0 Å². The Balaban J connectivity index is 2.18. The molecule has 0 saturated carbocycles. The molecule has 0 spiro atoms. The second-order valence-electron chi connectivity index (χ2n) is 4.50. The first-order valence-corrected chi connectivity index (χ1v) is 6.57. The molecule has 110 valence electrons. The molecule has 1 aliphatic rings. The fourth-order valence-corrected chi connectivity index (χ4v) is 1.92. The van der Waals surface area contributed by atoms with Crippen molar-refractivity contribution in [3.05, 3.63) is 0 Å². The van der Waals surface area contributed by atoms with E-state index in [0.717, 1.165) is 13.1 Å². The highest BCUT2D eigenvalue weighted by atomic mass is 16.5. The highest BCUT2D eigenvalue weighted by Gasteiger charge is 2.21. The van der Waals surface area contributed by atoms with E-state index >= 15 is 0 Å². The fourth-order valence-electron chi connectivity index (χ4n) is 1.92. The molecule has 2 amide bonds. The second-order valence-corrected chi connectivity index (χ2v) is 4.50. The highest BCUT2D eigenvalue weighted by molar-refractivity contribution is 5.79. The maximum Gasteiger partial charge on any atom is 0.236 e. The number of nitrogens with one attached hydrogen (secondary N) is 2. The molecule has 19 heavy (non-hydrogen) atoms. The lowest BCUT2D eigenvalue weighted by molar-refractivity contribution is -0.132. The van der Waals surface area contributed by atoms with E-state index in [0.29, 0.717) is 39.3 Å². The number of methoxy groups -OCH3 is 1. The summed E-state index contributed by atoms with van der Waals surface area (Å²) in [5.41, 5.74) is 0. The zero-order valence-corrected chi connectivity index (χ0v) is 11.8. The van der Waals surface area contributed by atoms with Gasteiger partial charge in [0.15, 0.2) is 0 Å². The molecule has 0 unspecified atom stereocenters. The van der Waals surface area contributed by atoms with Crippen molar-refractivity contribution < 1.29 is 14.3 Å². The maximum atomic E-state index is 11.9. The first-order valence-electron chi connectivity index (χ1n) is 6.57. The van der Waals surface area contributed by atoms with Crippen LogP contribution in [0.25, 0.3) is 0 Å². The SMILES string of the molecule is CNC(=O)CN1CCN(C(=O)CNCCOC)CC1. The summed E-state index contributed by atoms with van der Waals surface area (Å²) in [6.45, 7) is 4.90. The van der Waals surface area contributed by atoms with Gasteiger partial charge in [-0.05, 0) is 0 Å². The lowest BCUT2D eigenvalue weighted by atomic mass is 10.3. The summed E-state index contributed by atoms with van der Waals surface area (Å²) in [4.78, 5) is 27.0. The Labute approximate surface area is 114 Å². The van der Waals surface area contributed by atoms with Crippen molar-refractivity contribution in [1.82, 2.24) is 20.4 Å². The molecule has 0 atom stereocenters.